The van der Waals surface area contributed by atoms with Gasteiger partial charge in [-0.2, -0.15) is 0 Å². The minimum Gasteiger partial charge on any atom is -0.464 e. The number of H-pyrrole nitrogens is 1. The number of carbonyl (C=O) groups excluding carboxylic acids is 1. The molecule has 0 saturated heterocycles. The van der Waals surface area contributed by atoms with Crippen LogP contribution in [0.1, 0.15) is 30.0 Å². The van der Waals surface area contributed by atoms with E-state index in [9.17, 15) is 4.79 Å². The molecule has 0 bridgehead atoms. The average Bonchev–Trinajstić information content (AvgIpc) is 2.50. The number of nitrogens with one attached hydrogen (secondary N) is 1. The lowest BCUT2D eigenvalue weighted by atomic mass is 10.1. The zero-order chi connectivity index (χ0) is 9.84. The first-order valence-corrected chi connectivity index (χ1v) is 4.39. The van der Waals surface area contributed by atoms with Crippen LogP contribution in [0.3, 0.4) is 0 Å². The lowest BCUT2D eigenvalue weighted by Crippen LogP contribution is -2.02. The standard InChI is InChI=1S/C10H15NO2/c1-7(2)6-8-4-5-9(11-8)10(12)13-3/h4-5,7,11H,6H2,1-3H3. The number of carbonyl (C=O) groups is 1. The highest BCUT2D eigenvalue weighted by atomic mass is 16.5. The first kappa shape index (κ1) is 9.84. The van der Waals surface area contributed by atoms with E-state index in [2.05, 4.69) is 23.6 Å². The number of rotatable bonds is 3. The minimum absolute atomic E-state index is 0.310. The number of esters is 1. The molecule has 0 fully saturated rings. The van der Waals surface area contributed by atoms with E-state index >= 15 is 0 Å². The first-order valence-electron chi connectivity index (χ1n) is 4.39. The quantitative estimate of drug-likeness (QED) is 0.725. The SMILES string of the molecule is COC(=O)c1ccc(CC(C)C)[nH]1. The highest BCUT2D eigenvalue weighted by Gasteiger charge is 2.08. The van der Waals surface area contributed by atoms with Gasteiger partial charge in [0.2, 0.25) is 0 Å². The maximum absolute atomic E-state index is 11.1. The van der Waals surface area contributed by atoms with Gasteiger partial charge in [0.1, 0.15) is 5.69 Å². The summed E-state index contributed by atoms with van der Waals surface area (Å²) >= 11 is 0. The Morgan fingerprint density at radius 1 is 1.54 bits per heavy atom. The summed E-state index contributed by atoms with van der Waals surface area (Å²) in [6.45, 7) is 4.28. The van der Waals surface area contributed by atoms with Gasteiger partial charge in [0.15, 0.2) is 0 Å². The molecule has 0 radical (unpaired) electrons. The van der Waals surface area contributed by atoms with Gasteiger partial charge in [-0.15, -0.1) is 0 Å². The molecule has 0 spiro atoms. The Labute approximate surface area is 78.1 Å². The molecule has 1 aromatic rings. The van der Waals surface area contributed by atoms with Gasteiger partial charge in [-0.25, -0.2) is 4.79 Å². The number of methoxy groups -OCH3 is 1. The summed E-state index contributed by atoms with van der Waals surface area (Å²) in [7, 11) is 1.38. The second-order valence-corrected chi connectivity index (χ2v) is 3.49. The fourth-order valence-corrected chi connectivity index (χ4v) is 1.23. The van der Waals surface area contributed by atoms with Gasteiger partial charge in [-0.05, 0) is 24.5 Å². The molecule has 13 heavy (non-hydrogen) atoms. The Morgan fingerprint density at radius 3 is 2.77 bits per heavy atom. The monoisotopic (exact) mass is 181 g/mol. The highest BCUT2D eigenvalue weighted by Crippen LogP contribution is 2.08. The molecule has 3 nitrogen and oxygen atoms in total. The molecule has 0 aliphatic heterocycles. The summed E-state index contributed by atoms with van der Waals surface area (Å²) in [5.74, 6) is 0.277. The number of hydrogen-bond acceptors (Lipinski definition) is 2. The van der Waals surface area contributed by atoms with Crippen LogP contribution in [-0.4, -0.2) is 18.1 Å². The van der Waals surface area contributed by atoms with Crippen LogP contribution in [0.2, 0.25) is 0 Å². The number of hydrogen-bond donors (Lipinski definition) is 1. The van der Waals surface area contributed by atoms with Crippen LogP contribution in [0.4, 0.5) is 0 Å². The summed E-state index contributed by atoms with van der Waals surface area (Å²) in [6, 6.07) is 3.68. The van der Waals surface area contributed by atoms with Crippen LogP contribution in [0.15, 0.2) is 12.1 Å². The number of ether oxygens (including phenoxy) is 1. The predicted octanol–water partition coefficient (Wildman–Crippen LogP) is 2.00. The van der Waals surface area contributed by atoms with Crippen molar-refractivity contribution in [2.45, 2.75) is 20.3 Å². The summed E-state index contributed by atoms with van der Waals surface area (Å²) in [5, 5.41) is 0. The van der Waals surface area contributed by atoms with E-state index < -0.39 is 0 Å². The van der Waals surface area contributed by atoms with Crippen molar-refractivity contribution in [1.29, 1.82) is 0 Å². The molecule has 3 heteroatoms. The Hall–Kier alpha value is -1.25. The third-order valence-electron chi connectivity index (χ3n) is 1.78. The molecule has 0 aromatic carbocycles. The van der Waals surface area contributed by atoms with E-state index in [1.165, 1.54) is 7.11 Å². The van der Waals surface area contributed by atoms with Gasteiger partial charge >= 0.3 is 5.97 Å². The van der Waals surface area contributed by atoms with Crippen LogP contribution >= 0.6 is 0 Å². The smallest absolute Gasteiger partial charge is 0.354 e. The molecular formula is C10H15NO2. The summed E-state index contributed by atoms with van der Waals surface area (Å²) in [4.78, 5) is 14.1. The van der Waals surface area contributed by atoms with Crippen LogP contribution in [0.25, 0.3) is 0 Å². The van der Waals surface area contributed by atoms with Crippen molar-refractivity contribution in [3.8, 4) is 0 Å². The molecule has 0 aliphatic rings. The topological polar surface area (TPSA) is 42.1 Å². The van der Waals surface area contributed by atoms with Crippen molar-refractivity contribution < 1.29 is 9.53 Å². The molecule has 0 saturated carbocycles. The van der Waals surface area contributed by atoms with E-state index in [1.54, 1.807) is 6.07 Å². The molecule has 1 aromatic heterocycles. The lowest BCUT2D eigenvalue weighted by molar-refractivity contribution is 0.0594. The number of aromatic amines is 1. The van der Waals surface area contributed by atoms with E-state index in [0.29, 0.717) is 11.6 Å². The maximum Gasteiger partial charge on any atom is 0.354 e. The summed E-state index contributed by atoms with van der Waals surface area (Å²) < 4.78 is 4.58. The Kier molecular flexibility index (Phi) is 3.12. The maximum atomic E-state index is 11.1. The Balaban J connectivity index is 2.69. The minimum atomic E-state index is -0.310. The Bertz CT molecular complexity index is 289. The van der Waals surface area contributed by atoms with Gasteiger partial charge in [0.05, 0.1) is 7.11 Å². The normalized spacial score (nSPS) is 10.5. The third-order valence-corrected chi connectivity index (χ3v) is 1.78. The molecule has 72 valence electrons. The second kappa shape index (κ2) is 4.12. The van der Waals surface area contributed by atoms with Crippen LogP contribution in [0, 0.1) is 5.92 Å². The summed E-state index contributed by atoms with van der Waals surface area (Å²) in [6.07, 6.45) is 0.955. The zero-order valence-corrected chi connectivity index (χ0v) is 8.26. The zero-order valence-electron chi connectivity index (χ0n) is 8.26. The molecule has 0 atom stereocenters. The van der Waals surface area contributed by atoms with Crippen LogP contribution < -0.4 is 0 Å². The molecule has 0 unspecified atom stereocenters. The van der Waals surface area contributed by atoms with Crippen molar-refractivity contribution >= 4 is 5.97 Å². The highest BCUT2D eigenvalue weighted by molar-refractivity contribution is 5.87. The van der Waals surface area contributed by atoms with Crippen LogP contribution in [0.5, 0.6) is 0 Å². The fourth-order valence-electron chi connectivity index (χ4n) is 1.23. The van der Waals surface area contributed by atoms with Gasteiger partial charge in [-0.1, -0.05) is 13.8 Å². The summed E-state index contributed by atoms with van der Waals surface area (Å²) in [5.41, 5.74) is 1.61. The van der Waals surface area contributed by atoms with Crippen molar-refractivity contribution in [2.24, 2.45) is 5.92 Å². The predicted molar refractivity (Wildman–Crippen MR) is 50.7 cm³/mol. The second-order valence-electron chi connectivity index (χ2n) is 3.49. The van der Waals surface area contributed by atoms with Crippen molar-refractivity contribution in [1.82, 2.24) is 4.98 Å². The molecule has 0 aliphatic carbocycles. The van der Waals surface area contributed by atoms with Crippen molar-refractivity contribution in [3.63, 3.8) is 0 Å². The number of aromatic nitrogens is 1. The molecule has 1 heterocycles. The largest absolute Gasteiger partial charge is 0.464 e. The van der Waals surface area contributed by atoms with Crippen LogP contribution in [-0.2, 0) is 11.2 Å². The third kappa shape index (κ3) is 2.61. The average molecular weight is 181 g/mol. The fraction of sp³-hybridized carbons (Fsp3) is 0.500. The van der Waals surface area contributed by atoms with E-state index in [4.69, 9.17) is 0 Å². The van der Waals surface area contributed by atoms with Gasteiger partial charge in [0.25, 0.3) is 0 Å². The molecule has 1 rings (SSSR count). The van der Waals surface area contributed by atoms with E-state index in [1.807, 2.05) is 6.07 Å². The van der Waals surface area contributed by atoms with Gasteiger partial charge in [0, 0.05) is 5.69 Å². The lowest BCUT2D eigenvalue weighted by Gasteiger charge is -2.00. The molecule has 1 N–H and O–H groups in total. The Morgan fingerprint density at radius 2 is 2.23 bits per heavy atom. The molecule has 0 amide bonds. The van der Waals surface area contributed by atoms with Crippen molar-refractivity contribution in [2.75, 3.05) is 7.11 Å². The van der Waals surface area contributed by atoms with Gasteiger partial charge < -0.3 is 9.72 Å². The van der Waals surface area contributed by atoms with Gasteiger partial charge in [-0.3, -0.25) is 0 Å². The van der Waals surface area contributed by atoms with E-state index in [0.717, 1.165) is 12.1 Å². The molecular weight excluding hydrogens is 166 g/mol. The first-order chi connectivity index (χ1) is 6.13. The van der Waals surface area contributed by atoms with Crippen molar-refractivity contribution in [3.05, 3.63) is 23.5 Å². The van der Waals surface area contributed by atoms with E-state index in [-0.39, 0.29) is 5.97 Å².